The Hall–Kier alpha value is -2.62. The number of guanidine groups is 1. The van der Waals surface area contributed by atoms with Gasteiger partial charge in [-0.05, 0) is 29.5 Å². The van der Waals surface area contributed by atoms with Gasteiger partial charge < -0.3 is 19.5 Å². The number of pyridine rings is 1. The van der Waals surface area contributed by atoms with E-state index in [2.05, 4.69) is 42.9 Å². The molecule has 3 heterocycles. The lowest BCUT2D eigenvalue weighted by atomic mass is 9.93. The summed E-state index contributed by atoms with van der Waals surface area (Å²) < 4.78 is 8.07. The maximum atomic E-state index is 5.86. The zero-order chi connectivity index (χ0) is 21.5. The molecule has 170 valence electrons. The highest BCUT2D eigenvalue weighted by atomic mass is 127. The van der Waals surface area contributed by atoms with E-state index in [-0.39, 0.29) is 24.0 Å². The molecule has 2 atom stereocenters. The summed E-state index contributed by atoms with van der Waals surface area (Å²) in [6, 6.07) is 14.5. The number of likely N-dealkylation sites (tertiary alicyclic amines) is 1. The summed E-state index contributed by atoms with van der Waals surface area (Å²) in [5, 5.41) is 3.50. The van der Waals surface area contributed by atoms with E-state index in [1.807, 2.05) is 62.0 Å². The summed E-state index contributed by atoms with van der Waals surface area (Å²) in [6.07, 6.45) is 8.72. The molecular formula is C24H31IN6O. The second-order valence-electron chi connectivity index (χ2n) is 7.97. The van der Waals surface area contributed by atoms with Crippen molar-refractivity contribution in [1.29, 1.82) is 0 Å². The van der Waals surface area contributed by atoms with Gasteiger partial charge in [-0.2, -0.15) is 0 Å². The average Bonchev–Trinajstić information content (AvgIpc) is 3.35. The molecular weight excluding hydrogens is 515 g/mol. The zero-order valence-electron chi connectivity index (χ0n) is 18.6. The molecule has 0 spiro atoms. The van der Waals surface area contributed by atoms with Crippen molar-refractivity contribution in [3.8, 4) is 5.88 Å². The van der Waals surface area contributed by atoms with Crippen LogP contribution in [-0.4, -0.2) is 45.5 Å². The van der Waals surface area contributed by atoms with Crippen LogP contribution < -0.4 is 10.1 Å². The van der Waals surface area contributed by atoms with Crippen molar-refractivity contribution in [3.05, 3.63) is 78.5 Å². The van der Waals surface area contributed by atoms with Crippen LogP contribution in [0.5, 0.6) is 5.88 Å². The van der Waals surface area contributed by atoms with E-state index in [4.69, 9.17) is 4.74 Å². The first-order valence-electron chi connectivity index (χ1n) is 10.8. The molecule has 0 radical (unpaired) electrons. The number of nitrogens with one attached hydrogen (secondary N) is 1. The van der Waals surface area contributed by atoms with Crippen molar-refractivity contribution in [2.24, 2.45) is 10.9 Å². The molecule has 1 saturated heterocycles. The summed E-state index contributed by atoms with van der Waals surface area (Å²) >= 11 is 0. The third-order valence-corrected chi connectivity index (χ3v) is 5.82. The highest BCUT2D eigenvalue weighted by Gasteiger charge is 2.28. The molecule has 8 heteroatoms. The molecule has 1 N–H and O–H groups in total. The van der Waals surface area contributed by atoms with Gasteiger partial charge in [0.25, 0.3) is 0 Å². The summed E-state index contributed by atoms with van der Waals surface area (Å²) in [7, 11) is 1.84. The number of halogens is 1. The van der Waals surface area contributed by atoms with Gasteiger partial charge in [-0.1, -0.05) is 37.3 Å². The van der Waals surface area contributed by atoms with Crippen molar-refractivity contribution >= 4 is 29.9 Å². The number of rotatable bonds is 6. The van der Waals surface area contributed by atoms with Crippen LogP contribution in [0.1, 0.15) is 30.5 Å². The van der Waals surface area contributed by atoms with E-state index < -0.39 is 0 Å². The lowest BCUT2D eigenvalue weighted by Crippen LogP contribution is -2.48. The number of aromatic nitrogens is 3. The summed E-state index contributed by atoms with van der Waals surface area (Å²) in [5.41, 5.74) is 2.23. The minimum atomic E-state index is 0. The fourth-order valence-electron chi connectivity index (χ4n) is 3.98. The van der Waals surface area contributed by atoms with Crippen LogP contribution >= 0.6 is 24.0 Å². The minimum absolute atomic E-state index is 0. The Bertz CT molecular complexity index is 979. The predicted octanol–water partition coefficient (Wildman–Crippen LogP) is 4.13. The Morgan fingerprint density at radius 2 is 2.03 bits per heavy atom. The number of aliphatic imine (C=N–C) groups is 1. The molecule has 1 aromatic carbocycles. The summed E-state index contributed by atoms with van der Waals surface area (Å²) in [5.74, 6) is 2.15. The quantitative estimate of drug-likeness (QED) is 0.286. The SMILES string of the molecule is CN=C(NCc1ccnc(OCc2ccccc2)c1)N1CCC(C)C(n2ccnc2)C1.I. The number of hydrogen-bond donors (Lipinski definition) is 1. The third kappa shape index (κ3) is 6.21. The van der Waals surface area contributed by atoms with Crippen molar-refractivity contribution in [1.82, 2.24) is 24.8 Å². The highest BCUT2D eigenvalue weighted by molar-refractivity contribution is 14.0. The summed E-state index contributed by atoms with van der Waals surface area (Å²) in [6.45, 7) is 5.39. The smallest absolute Gasteiger partial charge is 0.213 e. The number of nitrogens with zero attached hydrogens (tertiary/aromatic N) is 5. The van der Waals surface area contributed by atoms with Gasteiger partial charge in [0, 0.05) is 51.3 Å². The van der Waals surface area contributed by atoms with E-state index >= 15 is 0 Å². The van der Waals surface area contributed by atoms with Crippen LogP contribution in [0.15, 0.2) is 72.4 Å². The van der Waals surface area contributed by atoms with Crippen molar-refractivity contribution in [2.75, 3.05) is 20.1 Å². The maximum absolute atomic E-state index is 5.86. The number of piperidine rings is 1. The first-order valence-corrected chi connectivity index (χ1v) is 10.8. The van der Waals surface area contributed by atoms with E-state index in [9.17, 15) is 0 Å². The largest absolute Gasteiger partial charge is 0.473 e. The van der Waals surface area contributed by atoms with Gasteiger partial charge in [-0.15, -0.1) is 24.0 Å². The van der Waals surface area contributed by atoms with Gasteiger partial charge in [0.05, 0.1) is 12.4 Å². The van der Waals surface area contributed by atoms with Gasteiger partial charge in [-0.3, -0.25) is 4.99 Å². The van der Waals surface area contributed by atoms with Gasteiger partial charge in [0.2, 0.25) is 5.88 Å². The molecule has 3 aromatic rings. The average molecular weight is 546 g/mol. The van der Waals surface area contributed by atoms with Crippen molar-refractivity contribution < 1.29 is 4.74 Å². The van der Waals surface area contributed by atoms with Gasteiger partial charge >= 0.3 is 0 Å². The molecule has 32 heavy (non-hydrogen) atoms. The minimum Gasteiger partial charge on any atom is -0.473 e. The van der Waals surface area contributed by atoms with Gasteiger partial charge in [0.15, 0.2) is 5.96 Å². The summed E-state index contributed by atoms with van der Waals surface area (Å²) in [4.78, 5) is 15.4. The van der Waals surface area contributed by atoms with E-state index in [0.29, 0.717) is 31.0 Å². The van der Waals surface area contributed by atoms with Gasteiger partial charge in [-0.25, -0.2) is 9.97 Å². The topological polar surface area (TPSA) is 67.6 Å². The van der Waals surface area contributed by atoms with Crippen LogP contribution in [0.4, 0.5) is 0 Å². The molecule has 7 nitrogen and oxygen atoms in total. The Morgan fingerprint density at radius 3 is 2.78 bits per heavy atom. The van der Waals surface area contributed by atoms with Crippen molar-refractivity contribution in [2.45, 2.75) is 32.5 Å². The number of ether oxygens (including phenoxy) is 1. The molecule has 1 aliphatic heterocycles. The van der Waals surface area contributed by atoms with Crippen LogP contribution in [0.25, 0.3) is 0 Å². The number of benzene rings is 1. The second-order valence-corrected chi connectivity index (χ2v) is 7.97. The normalized spacial score (nSPS) is 18.7. The monoisotopic (exact) mass is 546 g/mol. The molecule has 2 aromatic heterocycles. The zero-order valence-corrected chi connectivity index (χ0v) is 20.9. The third-order valence-electron chi connectivity index (χ3n) is 5.82. The number of imidazole rings is 1. The highest BCUT2D eigenvalue weighted by Crippen LogP contribution is 2.27. The lowest BCUT2D eigenvalue weighted by molar-refractivity contribution is 0.189. The fraction of sp³-hybridized carbons (Fsp3) is 0.375. The Kier molecular flexibility index (Phi) is 8.90. The standard InChI is InChI=1S/C24H30N6O.HI/c1-19-9-12-29(16-22(19)30-13-11-26-18-30)24(25-2)28-15-21-8-10-27-23(14-21)31-17-20-6-4-3-5-7-20;/h3-8,10-11,13-14,18-19,22H,9,12,15-17H2,1-2H3,(H,25,28);1H. The van der Waals surface area contributed by atoms with E-state index in [0.717, 1.165) is 36.6 Å². The fourth-order valence-corrected chi connectivity index (χ4v) is 3.98. The maximum Gasteiger partial charge on any atom is 0.213 e. The van der Waals surface area contributed by atoms with E-state index in [1.165, 1.54) is 0 Å². The molecule has 0 amide bonds. The first kappa shape index (κ1) is 24.0. The van der Waals surface area contributed by atoms with Crippen molar-refractivity contribution in [3.63, 3.8) is 0 Å². The van der Waals surface area contributed by atoms with Crippen LogP contribution in [-0.2, 0) is 13.2 Å². The Labute approximate surface area is 207 Å². The molecule has 2 unspecified atom stereocenters. The second kappa shape index (κ2) is 11.8. The van der Waals surface area contributed by atoms with Crippen LogP contribution in [0, 0.1) is 5.92 Å². The van der Waals surface area contributed by atoms with Crippen LogP contribution in [0.3, 0.4) is 0 Å². The predicted molar refractivity (Wildman–Crippen MR) is 137 cm³/mol. The van der Waals surface area contributed by atoms with E-state index in [1.54, 1.807) is 6.20 Å². The molecule has 1 fully saturated rings. The molecule has 1 aliphatic rings. The molecule has 0 aliphatic carbocycles. The Morgan fingerprint density at radius 1 is 1.19 bits per heavy atom. The van der Waals surface area contributed by atoms with Gasteiger partial charge in [0.1, 0.15) is 6.61 Å². The number of hydrogen-bond acceptors (Lipinski definition) is 4. The first-order chi connectivity index (χ1) is 15.2. The lowest BCUT2D eigenvalue weighted by Gasteiger charge is -2.39. The molecule has 0 saturated carbocycles. The molecule has 4 rings (SSSR count). The Balaban J connectivity index is 0.00000289. The molecule has 0 bridgehead atoms. The van der Waals surface area contributed by atoms with Crippen LogP contribution in [0.2, 0.25) is 0 Å².